The van der Waals surface area contributed by atoms with Crippen LogP contribution in [-0.2, 0) is 19.2 Å². The van der Waals surface area contributed by atoms with Crippen molar-refractivity contribution in [3.8, 4) is 0 Å². The zero-order valence-electron chi connectivity index (χ0n) is 10.1. The van der Waals surface area contributed by atoms with E-state index < -0.39 is 23.9 Å². The highest BCUT2D eigenvalue weighted by Crippen LogP contribution is 2.16. The van der Waals surface area contributed by atoms with E-state index in [1.165, 1.54) is 12.2 Å². The number of carbonyl (C=O) groups is 2. The van der Waals surface area contributed by atoms with E-state index in [1.807, 2.05) is 0 Å². The fourth-order valence-corrected chi connectivity index (χ4v) is 1.57. The van der Waals surface area contributed by atoms with Crippen LogP contribution in [-0.4, -0.2) is 46.9 Å². The predicted molar refractivity (Wildman–Crippen MR) is 62.1 cm³/mol. The molecule has 0 aromatic rings. The number of aliphatic imine (C=N–C) groups is 2. The summed E-state index contributed by atoms with van der Waals surface area (Å²) >= 11 is 0. The van der Waals surface area contributed by atoms with Crippen molar-refractivity contribution in [3.63, 3.8) is 0 Å². The van der Waals surface area contributed by atoms with Crippen LogP contribution in [0.5, 0.6) is 0 Å². The lowest BCUT2D eigenvalue weighted by Crippen LogP contribution is -2.34. The Morgan fingerprint density at radius 3 is 2.11 bits per heavy atom. The highest BCUT2D eigenvalue weighted by molar-refractivity contribution is 5.93. The Hall–Kier alpha value is -2.30. The Bertz CT molecular complexity index is 395. The van der Waals surface area contributed by atoms with Gasteiger partial charge < -0.3 is 10.2 Å². The first-order chi connectivity index (χ1) is 9.04. The molecule has 0 heterocycles. The van der Waals surface area contributed by atoms with Crippen molar-refractivity contribution >= 4 is 24.1 Å². The number of carboxylic acid groups (broad SMARTS) is 2. The van der Waals surface area contributed by atoms with Gasteiger partial charge in [-0.05, 0) is 12.8 Å². The fraction of sp³-hybridized carbons (Fsp3) is 0.636. The number of carbonyl (C=O) groups excluding carboxylic acids is 2. The molecule has 8 nitrogen and oxygen atoms in total. The molecule has 0 aromatic carbocycles. The van der Waals surface area contributed by atoms with Gasteiger partial charge in [-0.25, -0.2) is 19.6 Å². The monoisotopic (exact) mass is 270 g/mol. The molecule has 0 amide bonds. The minimum Gasteiger partial charge on any atom is -0.481 e. The zero-order chi connectivity index (χ0) is 14.7. The Balaban J connectivity index is 4.40. The second kappa shape index (κ2) is 9.70. The predicted octanol–water partition coefficient (Wildman–Crippen LogP) is 0.372. The van der Waals surface area contributed by atoms with Crippen LogP contribution in [0.25, 0.3) is 0 Å². The molecule has 1 unspecified atom stereocenters. The molecule has 0 radical (unpaired) electrons. The molecule has 104 valence electrons. The van der Waals surface area contributed by atoms with E-state index in [9.17, 15) is 19.2 Å². The number of unbranched alkanes of at least 4 members (excludes halogenated alkanes) is 2. The molecule has 0 aromatic heterocycles. The van der Waals surface area contributed by atoms with Crippen LogP contribution in [0.1, 0.15) is 25.7 Å². The first-order valence-corrected chi connectivity index (χ1v) is 5.60. The number of hydrogen-bond acceptors (Lipinski definition) is 6. The van der Waals surface area contributed by atoms with E-state index in [0.717, 1.165) is 0 Å². The molecule has 19 heavy (non-hydrogen) atoms. The lowest BCUT2D eigenvalue weighted by atomic mass is 9.95. The third kappa shape index (κ3) is 6.88. The van der Waals surface area contributed by atoms with E-state index in [1.54, 1.807) is 0 Å². The van der Waals surface area contributed by atoms with Crippen molar-refractivity contribution in [2.75, 3.05) is 6.54 Å². The number of carboxylic acids is 2. The Labute approximate surface area is 108 Å². The molecule has 0 aliphatic carbocycles. The van der Waals surface area contributed by atoms with Gasteiger partial charge in [0.25, 0.3) is 0 Å². The first-order valence-electron chi connectivity index (χ1n) is 5.60. The molecule has 0 saturated carbocycles. The number of aliphatic carboxylic acids is 2. The first kappa shape index (κ1) is 16.7. The molecule has 1 atom stereocenters. The van der Waals surface area contributed by atoms with Gasteiger partial charge in [-0.2, -0.15) is 0 Å². The van der Waals surface area contributed by atoms with Crippen molar-refractivity contribution in [2.45, 2.75) is 31.7 Å². The van der Waals surface area contributed by atoms with Crippen LogP contribution in [0.15, 0.2) is 9.98 Å². The molecule has 2 N–H and O–H groups in total. The van der Waals surface area contributed by atoms with E-state index >= 15 is 0 Å². The second-order valence-electron chi connectivity index (χ2n) is 3.76. The molecule has 0 rings (SSSR count). The molecule has 0 saturated heterocycles. The summed E-state index contributed by atoms with van der Waals surface area (Å²) in [6.07, 6.45) is 4.41. The van der Waals surface area contributed by atoms with Crippen molar-refractivity contribution in [3.05, 3.63) is 0 Å². The number of nitrogens with zero attached hydrogens (tertiary/aromatic N) is 2. The fourth-order valence-electron chi connectivity index (χ4n) is 1.57. The quantitative estimate of drug-likeness (QED) is 0.255. The van der Waals surface area contributed by atoms with E-state index in [-0.39, 0.29) is 6.42 Å². The van der Waals surface area contributed by atoms with E-state index in [2.05, 4.69) is 9.98 Å². The normalized spacial score (nSPS) is 11.2. The second-order valence-corrected chi connectivity index (χ2v) is 3.76. The summed E-state index contributed by atoms with van der Waals surface area (Å²) in [7, 11) is 0. The molecular weight excluding hydrogens is 256 g/mol. The summed E-state index contributed by atoms with van der Waals surface area (Å²) in [4.78, 5) is 48.2. The smallest absolute Gasteiger partial charge is 0.320 e. The highest BCUT2D eigenvalue weighted by atomic mass is 16.4. The minimum atomic E-state index is -1.76. The van der Waals surface area contributed by atoms with Gasteiger partial charge in [-0.3, -0.25) is 9.59 Å². The van der Waals surface area contributed by atoms with Crippen molar-refractivity contribution in [1.82, 2.24) is 0 Å². The van der Waals surface area contributed by atoms with Crippen LogP contribution < -0.4 is 0 Å². The van der Waals surface area contributed by atoms with Crippen molar-refractivity contribution in [2.24, 2.45) is 15.9 Å². The van der Waals surface area contributed by atoms with Crippen LogP contribution in [0.2, 0.25) is 0 Å². The standard InChI is InChI=1S/C11H14N2O6/c14-6-12-5-3-1-2-4-8(13-7-15)9(10(16)17)11(18)19/h8-9H,1-5H2,(H,16,17)(H,18,19). The average molecular weight is 270 g/mol. The van der Waals surface area contributed by atoms with Gasteiger partial charge in [0.2, 0.25) is 12.2 Å². The minimum absolute atomic E-state index is 0.142. The summed E-state index contributed by atoms with van der Waals surface area (Å²) in [6.45, 7) is 0.312. The Morgan fingerprint density at radius 2 is 1.63 bits per heavy atom. The summed E-state index contributed by atoms with van der Waals surface area (Å²) in [5.74, 6) is -4.83. The van der Waals surface area contributed by atoms with Gasteiger partial charge >= 0.3 is 11.9 Å². The van der Waals surface area contributed by atoms with Gasteiger partial charge in [0.1, 0.15) is 0 Å². The number of isocyanates is 2. The van der Waals surface area contributed by atoms with Gasteiger partial charge in [0.15, 0.2) is 5.92 Å². The average Bonchev–Trinajstić information content (AvgIpc) is 2.32. The van der Waals surface area contributed by atoms with Crippen LogP contribution >= 0.6 is 0 Å². The molecule has 8 heteroatoms. The van der Waals surface area contributed by atoms with Gasteiger partial charge in [-0.15, -0.1) is 0 Å². The largest absolute Gasteiger partial charge is 0.481 e. The van der Waals surface area contributed by atoms with Crippen molar-refractivity contribution in [1.29, 1.82) is 0 Å². The molecule has 0 bridgehead atoms. The maximum Gasteiger partial charge on any atom is 0.320 e. The summed E-state index contributed by atoms with van der Waals surface area (Å²) in [6, 6.07) is -1.14. The Morgan fingerprint density at radius 1 is 1.00 bits per heavy atom. The van der Waals surface area contributed by atoms with Crippen LogP contribution in [0.3, 0.4) is 0 Å². The van der Waals surface area contributed by atoms with Crippen LogP contribution in [0, 0.1) is 5.92 Å². The van der Waals surface area contributed by atoms with Gasteiger partial charge in [0.05, 0.1) is 12.6 Å². The highest BCUT2D eigenvalue weighted by Gasteiger charge is 2.34. The third-order valence-corrected chi connectivity index (χ3v) is 2.47. The summed E-state index contributed by atoms with van der Waals surface area (Å²) in [5, 5.41) is 17.6. The van der Waals surface area contributed by atoms with E-state index in [4.69, 9.17) is 10.2 Å². The van der Waals surface area contributed by atoms with Crippen molar-refractivity contribution < 1.29 is 29.4 Å². The SMILES string of the molecule is O=C=NCCCCCC(N=C=O)C(C(=O)O)C(=O)O. The van der Waals surface area contributed by atoms with Crippen LogP contribution in [0.4, 0.5) is 0 Å². The zero-order valence-corrected chi connectivity index (χ0v) is 10.1. The molecular formula is C11H14N2O6. The van der Waals surface area contributed by atoms with Gasteiger partial charge in [-0.1, -0.05) is 12.8 Å². The molecule has 0 aliphatic rings. The maximum atomic E-state index is 10.8. The number of rotatable bonds is 10. The van der Waals surface area contributed by atoms with E-state index in [0.29, 0.717) is 25.8 Å². The van der Waals surface area contributed by atoms with Gasteiger partial charge in [0, 0.05) is 0 Å². The summed E-state index contributed by atoms with van der Waals surface area (Å²) < 4.78 is 0. The maximum absolute atomic E-state index is 10.8. The molecule has 0 aliphatic heterocycles. The molecule has 0 fully saturated rings. The number of hydrogen-bond donors (Lipinski definition) is 2. The Kier molecular flexibility index (Phi) is 8.53. The summed E-state index contributed by atoms with van der Waals surface area (Å²) in [5.41, 5.74) is 0. The lowest BCUT2D eigenvalue weighted by Gasteiger charge is -2.14. The third-order valence-electron chi connectivity index (χ3n) is 2.47. The molecule has 0 spiro atoms. The lowest BCUT2D eigenvalue weighted by molar-refractivity contribution is -0.155. The topological polar surface area (TPSA) is 133 Å².